The fourth-order valence-electron chi connectivity index (χ4n) is 2.08. The summed E-state index contributed by atoms with van der Waals surface area (Å²) in [5.74, 6) is 0.260. The second-order valence-corrected chi connectivity index (χ2v) is 7.16. The van der Waals surface area contributed by atoms with Crippen LogP contribution in [0.2, 0.25) is 0 Å². The minimum Gasteiger partial charge on any atom is -0.494 e. The number of nitrogens with zero attached hydrogens (tertiary/aromatic N) is 1. The van der Waals surface area contributed by atoms with Gasteiger partial charge in [-0.3, -0.25) is 9.10 Å². The van der Waals surface area contributed by atoms with Gasteiger partial charge in [0.05, 0.1) is 18.6 Å². The van der Waals surface area contributed by atoms with E-state index in [9.17, 15) is 13.2 Å². The normalized spacial score (nSPS) is 11.1. The Morgan fingerprint density at radius 1 is 1.26 bits per heavy atom. The third-order valence-corrected chi connectivity index (χ3v) is 4.35. The molecule has 130 valence electrons. The van der Waals surface area contributed by atoms with E-state index in [2.05, 4.69) is 12.2 Å². The Balaban J connectivity index is 2.81. The van der Waals surface area contributed by atoms with Crippen LogP contribution in [0.3, 0.4) is 0 Å². The standard InChI is InChI=1S/C16H26N2O4S/c1-4-6-7-11-17-16(19)13-18(23(3,20)21)14-9-8-10-15(12-14)22-5-2/h8-10,12H,4-7,11,13H2,1-3H3,(H,17,19). The molecule has 1 rings (SSSR count). The number of anilines is 1. The van der Waals surface area contributed by atoms with E-state index >= 15 is 0 Å². The zero-order valence-electron chi connectivity index (χ0n) is 14.0. The molecule has 23 heavy (non-hydrogen) atoms. The van der Waals surface area contributed by atoms with Gasteiger partial charge >= 0.3 is 0 Å². The Bertz CT molecular complexity index is 602. The summed E-state index contributed by atoms with van der Waals surface area (Å²) < 4.78 is 30.5. The van der Waals surface area contributed by atoms with Gasteiger partial charge in [0.15, 0.2) is 0 Å². The zero-order chi connectivity index (χ0) is 17.3. The van der Waals surface area contributed by atoms with Crippen molar-refractivity contribution in [3.63, 3.8) is 0 Å². The quantitative estimate of drug-likeness (QED) is 0.661. The van der Waals surface area contributed by atoms with Crippen LogP contribution >= 0.6 is 0 Å². The van der Waals surface area contributed by atoms with E-state index in [-0.39, 0.29) is 12.5 Å². The Labute approximate surface area is 138 Å². The first-order valence-corrected chi connectivity index (χ1v) is 9.70. The van der Waals surface area contributed by atoms with Crippen molar-refractivity contribution < 1.29 is 17.9 Å². The molecule has 0 saturated heterocycles. The lowest BCUT2D eigenvalue weighted by Crippen LogP contribution is -2.40. The molecule has 0 bridgehead atoms. The summed E-state index contributed by atoms with van der Waals surface area (Å²) in [4.78, 5) is 12.0. The van der Waals surface area contributed by atoms with E-state index in [0.717, 1.165) is 29.8 Å². The van der Waals surface area contributed by atoms with E-state index in [1.165, 1.54) is 0 Å². The average Bonchev–Trinajstić information content (AvgIpc) is 2.49. The summed E-state index contributed by atoms with van der Waals surface area (Å²) in [7, 11) is -3.56. The molecule has 0 spiro atoms. The molecule has 0 heterocycles. The largest absolute Gasteiger partial charge is 0.494 e. The lowest BCUT2D eigenvalue weighted by molar-refractivity contribution is -0.119. The molecule has 0 aliphatic carbocycles. The number of sulfonamides is 1. The first kappa shape index (κ1) is 19.3. The monoisotopic (exact) mass is 342 g/mol. The van der Waals surface area contributed by atoms with Crippen LogP contribution in [0.4, 0.5) is 5.69 Å². The highest BCUT2D eigenvalue weighted by atomic mass is 32.2. The van der Waals surface area contributed by atoms with Gasteiger partial charge in [-0.25, -0.2) is 8.42 Å². The fraction of sp³-hybridized carbons (Fsp3) is 0.562. The van der Waals surface area contributed by atoms with E-state index in [4.69, 9.17) is 4.74 Å². The molecule has 7 heteroatoms. The molecule has 6 nitrogen and oxygen atoms in total. The topological polar surface area (TPSA) is 75.7 Å². The molecule has 1 aromatic rings. The highest BCUT2D eigenvalue weighted by molar-refractivity contribution is 7.92. The highest BCUT2D eigenvalue weighted by Crippen LogP contribution is 2.23. The molecule has 0 saturated carbocycles. The van der Waals surface area contributed by atoms with Crippen LogP contribution in [0, 0.1) is 0 Å². The van der Waals surface area contributed by atoms with Crippen molar-refractivity contribution in [2.75, 3.05) is 30.3 Å². The lowest BCUT2D eigenvalue weighted by Gasteiger charge is -2.22. The molecule has 1 N–H and O–H groups in total. The number of rotatable bonds is 10. The number of carbonyl (C=O) groups excluding carboxylic acids is 1. The average molecular weight is 342 g/mol. The highest BCUT2D eigenvalue weighted by Gasteiger charge is 2.21. The number of hydrogen-bond donors (Lipinski definition) is 1. The van der Waals surface area contributed by atoms with E-state index < -0.39 is 10.0 Å². The number of hydrogen-bond acceptors (Lipinski definition) is 4. The van der Waals surface area contributed by atoms with Gasteiger partial charge in [0.25, 0.3) is 0 Å². The van der Waals surface area contributed by atoms with Crippen molar-refractivity contribution in [1.82, 2.24) is 5.32 Å². The smallest absolute Gasteiger partial charge is 0.240 e. The van der Waals surface area contributed by atoms with Gasteiger partial charge in [0, 0.05) is 12.6 Å². The Morgan fingerprint density at radius 2 is 2.00 bits per heavy atom. The van der Waals surface area contributed by atoms with Crippen molar-refractivity contribution in [1.29, 1.82) is 0 Å². The van der Waals surface area contributed by atoms with Crippen LogP contribution < -0.4 is 14.4 Å². The van der Waals surface area contributed by atoms with E-state index in [1.807, 2.05) is 6.92 Å². The molecule has 0 aliphatic rings. The number of benzene rings is 1. The minimum atomic E-state index is -3.56. The summed E-state index contributed by atoms with van der Waals surface area (Å²) in [5, 5.41) is 2.75. The summed E-state index contributed by atoms with van der Waals surface area (Å²) >= 11 is 0. The molecule has 0 atom stereocenters. The maximum atomic E-state index is 12.0. The number of carbonyl (C=O) groups is 1. The van der Waals surface area contributed by atoms with Crippen molar-refractivity contribution in [3.05, 3.63) is 24.3 Å². The SMILES string of the molecule is CCCCCNC(=O)CN(c1cccc(OCC)c1)S(C)(=O)=O. The number of nitrogens with one attached hydrogen (secondary N) is 1. The second-order valence-electron chi connectivity index (χ2n) is 5.26. The third kappa shape index (κ3) is 6.90. The van der Waals surface area contributed by atoms with Crippen LogP contribution in [0.5, 0.6) is 5.75 Å². The zero-order valence-corrected chi connectivity index (χ0v) is 14.9. The Hall–Kier alpha value is -1.76. The van der Waals surface area contributed by atoms with Crippen LogP contribution in [0.1, 0.15) is 33.1 Å². The van der Waals surface area contributed by atoms with Gasteiger partial charge in [-0.05, 0) is 25.5 Å². The lowest BCUT2D eigenvalue weighted by atomic mass is 10.2. The van der Waals surface area contributed by atoms with Gasteiger partial charge in [0.2, 0.25) is 15.9 Å². The summed E-state index contributed by atoms with van der Waals surface area (Å²) in [5.41, 5.74) is 0.419. The predicted octanol–water partition coefficient (Wildman–Crippen LogP) is 2.16. The second kappa shape index (κ2) is 9.39. The number of amides is 1. The molecule has 0 unspecified atom stereocenters. The van der Waals surface area contributed by atoms with Gasteiger partial charge in [-0.1, -0.05) is 25.8 Å². The van der Waals surface area contributed by atoms with Crippen molar-refractivity contribution >= 4 is 21.6 Å². The number of unbranched alkanes of at least 4 members (excludes halogenated alkanes) is 2. The first-order chi connectivity index (χ1) is 10.9. The predicted molar refractivity (Wildman–Crippen MR) is 92.3 cm³/mol. The summed E-state index contributed by atoms with van der Waals surface area (Å²) in [6.07, 6.45) is 4.08. The number of ether oxygens (including phenoxy) is 1. The minimum absolute atomic E-state index is 0.236. The van der Waals surface area contributed by atoms with E-state index in [0.29, 0.717) is 24.6 Å². The van der Waals surface area contributed by atoms with E-state index in [1.54, 1.807) is 24.3 Å². The van der Waals surface area contributed by atoms with Crippen LogP contribution in [0.15, 0.2) is 24.3 Å². The molecule has 0 fully saturated rings. The molecule has 1 amide bonds. The molecule has 0 radical (unpaired) electrons. The van der Waals surface area contributed by atoms with Crippen molar-refractivity contribution in [2.45, 2.75) is 33.1 Å². The van der Waals surface area contributed by atoms with Crippen LogP contribution in [-0.4, -0.2) is 40.3 Å². The molecular weight excluding hydrogens is 316 g/mol. The van der Waals surface area contributed by atoms with Gasteiger partial charge in [0.1, 0.15) is 12.3 Å². The summed E-state index contributed by atoms with van der Waals surface area (Å²) in [6, 6.07) is 6.72. The van der Waals surface area contributed by atoms with Gasteiger partial charge in [-0.2, -0.15) is 0 Å². The molecule has 0 aliphatic heterocycles. The fourth-order valence-corrected chi connectivity index (χ4v) is 2.93. The Kier molecular flexibility index (Phi) is 7.88. The maximum Gasteiger partial charge on any atom is 0.240 e. The summed E-state index contributed by atoms with van der Waals surface area (Å²) in [6.45, 7) is 4.74. The first-order valence-electron chi connectivity index (χ1n) is 7.85. The van der Waals surface area contributed by atoms with Crippen molar-refractivity contribution in [3.8, 4) is 5.75 Å². The third-order valence-electron chi connectivity index (χ3n) is 3.21. The molecule has 1 aromatic carbocycles. The van der Waals surface area contributed by atoms with Crippen LogP contribution in [-0.2, 0) is 14.8 Å². The Morgan fingerprint density at radius 3 is 2.61 bits per heavy atom. The molecule has 0 aromatic heterocycles. The van der Waals surface area contributed by atoms with Crippen LogP contribution in [0.25, 0.3) is 0 Å². The maximum absolute atomic E-state index is 12.0. The van der Waals surface area contributed by atoms with Gasteiger partial charge < -0.3 is 10.1 Å². The van der Waals surface area contributed by atoms with Crippen molar-refractivity contribution in [2.24, 2.45) is 0 Å². The van der Waals surface area contributed by atoms with Gasteiger partial charge in [-0.15, -0.1) is 0 Å². The molecular formula is C16H26N2O4S.